The van der Waals surface area contributed by atoms with Crippen LogP contribution in [-0.2, 0) is 17.1 Å². The number of anilines is 1. The van der Waals surface area contributed by atoms with Crippen molar-refractivity contribution in [3.05, 3.63) is 81.7 Å². The highest BCUT2D eigenvalue weighted by Crippen LogP contribution is 2.15. The SMILES string of the molecule is Cc1nccn1Cc1ccc(NC(=O)CSCc2cc(=O)n3ccsc3n2)cc1. The van der Waals surface area contributed by atoms with Crippen LogP contribution in [0.2, 0.25) is 0 Å². The third-order valence-electron chi connectivity index (χ3n) is 4.35. The number of carbonyl (C=O) groups excluding carboxylic acids is 1. The predicted octanol–water partition coefficient (Wildman–Crippen LogP) is 3.18. The maximum Gasteiger partial charge on any atom is 0.258 e. The highest BCUT2D eigenvalue weighted by atomic mass is 32.2. The lowest BCUT2D eigenvalue weighted by Gasteiger charge is -2.08. The van der Waals surface area contributed by atoms with E-state index < -0.39 is 0 Å². The summed E-state index contributed by atoms with van der Waals surface area (Å²) < 4.78 is 3.58. The van der Waals surface area contributed by atoms with Gasteiger partial charge in [-0.25, -0.2) is 9.97 Å². The van der Waals surface area contributed by atoms with Gasteiger partial charge in [-0.05, 0) is 24.6 Å². The normalized spacial score (nSPS) is 11.1. The van der Waals surface area contributed by atoms with Crippen LogP contribution in [0, 0.1) is 6.92 Å². The fourth-order valence-corrected chi connectivity index (χ4v) is 4.32. The standard InChI is InChI=1S/C20H19N5O2S2/c1-14-21-6-7-24(14)11-15-2-4-16(5-3-15)22-18(26)13-28-12-17-10-19(27)25-8-9-29-20(25)23-17/h2-10H,11-13H2,1H3,(H,22,26). The van der Waals surface area contributed by atoms with Crippen LogP contribution in [-0.4, -0.2) is 30.6 Å². The van der Waals surface area contributed by atoms with Gasteiger partial charge in [0, 0.05) is 48.0 Å². The lowest BCUT2D eigenvalue weighted by Crippen LogP contribution is -2.15. The second-order valence-electron chi connectivity index (χ2n) is 6.48. The molecule has 1 N–H and O–H groups in total. The number of aryl methyl sites for hydroxylation is 1. The minimum atomic E-state index is -0.0951. The Hall–Kier alpha value is -2.91. The predicted molar refractivity (Wildman–Crippen MR) is 117 cm³/mol. The minimum absolute atomic E-state index is 0.0814. The number of nitrogens with zero attached hydrogens (tertiary/aromatic N) is 4. The summed E-state index contributed by atoms with van der Waals surface area (Å²) in [7, 11) is 0. The van der Waals surface area contributed by atoms with Crippen LogP contribution >= 0.6 is 23.1 Å². The summed E-state index contributed by atoms with van der Waals surface area (Å²) in [5, 5.41) is 4.73. The van der Waals surface area contributed by atoms with Gasteiger partial charge in [0.25, 0.3) is 5.56 Å². The van der Waals surface area contributed by atoms with Crippen molar-refractivity contribution in [2.45, 2.75) is 19.2 Å². The fourth-order valence-electron chi connectivity index (χ4n) is 2.87. The number of amides is 1. The van der Waals surface area contributed by atoms with Crippen molar-refractivity contribution < 1.29 is 4.79 Å². The molecule has 0 aliphatic heterocycles. The summed E-state index contributed by atoms with van der Waals surface area (Å²) in [6, 6.07) is 9.31. The summed E-state index contributed by atoms with van der Waals surface area (Å²) in [6.45, 7) is 2.72. The first-order valence-electron chi connectivity index (χ1n) is 8.98. The first kappa shape index (κ1) is 19.4. The maximum atomic E-state index is 12.2. The van der Waals surface area contributed by atoms with E-state index >= 15 is 0 Å². The Morgan fingerprint density at radius 3 is 2.83 bits per heavy atom. The molecule has 4 aromatic rings. The third-order valence-corrected chi connectivity index (χ3v) is 6.08. The summed E-state index contributed by atoms with van der Waals surface area (Å²) in [5.74, 6) is 1.69. The molecule has 3 aromatic heterocycles. The van der Waals surface area contributed by atoms with E-state index in [0.717, 1.165) is 23.6 Å². The lowest BCUT2D eigenvalue weighted by molar-refractivity contribution is -0.113. The topological polar surface area (TPSA) is 81.3 Å². The zero-order chi connectivity index (χ0) is 20.2. The molecule has 0 atom stereocenters. The molecule has 9 heteroatoms. The van der Waals surface area contributed by atoms with Gasteiger partial charge < -0.3 is 9.88 Å². The van der Waals surface area contributed by atoms with E-state index in [1.54, 1.807) is 12.4 Å². The molecule has 0 bridgehead atoms. The maximum absolute atomic E-state index is 12.2. The van der Waals surface area contributed by atoms with Crippen LogP contribution in [0.3, 0.4) is 0 Å². The molecule has 7 nitrogen and oxygen atoms in total. The molecule has 0 fully saturated rings. The Morgan fingerprint density at radius 2 is 2.07 bits per heavy atom. The molecule has 0 radical (unpaired) electrons. The van der Waals surface area contributed by atoms with Gasteiger partial charge in [-0.3, -0.25) is 14.0 Å². The summed E-state index contributed by atoms with van der Waals surface area (Å²) in [6.07, 6.45) is 5.44. The van der Waals surface area contributed by atoms with E-state index in [1.807, 2.05) is 42.8 Å². The number of fused-ring (bicyclic) bond motifs is 1. The number of rotatable bonds is 7. The minimum Gasteiger partial charge on any atom is -0.331 e. The van der Waals surface area contributed by atoms with E-state index in [2.05, 4.69) is 19.9 Å². The van der Waals surface area contributed by atoms with Crippen molar-refractivity contribution in [3.8, 4) is 0 Å². The lowest BCUT2D eigenvalue weighted by atomic mass is 10.2. The molecule has 1 aromatic carbocycles. The van der Waals surface area contributed by atoms with E-state index in [-0.39, 0.29) is 11.5 Å². The molecule has 0 saturated heterocycles. The fraction of sp³-hybridized carbons (Fsp3) is 0.200. The molecule has 0 aliphatic carbocycles. The Labute approximate surface area is 175 Å². The Morgan fingerprint density at radius 1 is 1.24 bits per heavy atom. The van der Waals surface area contributed by atoms with Gasteiger partial charge in [-0.15, -0.1) is 23.1 Å². The van der Waals surface area contributed by atoms with Crippen molar-refractivity contribution in [2.24, 2.45) is 0 Å². The number of thiazole rings is 1. The Balaban J connectivity index is 1.28. The molecule has 3 heterocycles. The number of hydrogen-bond donors (Lipinski definition) is 1. The number of hydrogen-bond acceptors (Lipinski definition) is 6. The Bertz CT molecular complexity index is 1190. The van der Waals surface area contributed by atoms with Gasteiger partial charge >= 0.3 is 0 Å². The van der Waals surface area contributed by atoms with Crippen molar-refractivity contribution >= 4 is 39.7 Å². The summed E-state index contributed by atoms with van der Waals surface area (Å²) >= 11 is 2.85. The van der Waals surface area contributed by atoms with E-state index in [4.69, 9.17) is 0 Å². The average Bonchev–Trinajstić information content (AvgIpc) is 3.33. The molecule has 0 aliphatic rings. The number of carbonyl (C=O) groups is 1. The molecule has 1 amide bonds. The second-order valence-corrected chi connectivity index (χ2v) is 8.34. The van der Waals surface area contributed by atoms with Gasteiger partial charge in [0.1, 0.15) is 5.82 Å². The van der Waals surface area contributed by atoms with E-state index in [9.17, 15) is 9.59 Å². The van der Waals surface area contributed by atoms with Crippen molar-refractivity contribution in [2.75, 3.05) is 11.1 Å². The molecule has 29 heavy (non-hydrogen) atoms. The number of benzene rings is 1. The van der Waals surface area contributed by atoms with Gasteiger partial charge in [0.05, 0.1) is 11.4 Å². The van der Waals surface area contributed by atoms with Crippen molar-refractivity contribution in [1.82, 2.24) is 18.9 Å². The number of thioether (sulfide) groups is 1. The number of nitrogens with one attached hydrogen (secondary N) is 1. The first-order valence-corrected chi connectivity index (χ1v) is 11.0. The zero-order valence-corrected chi connectivity index (χ0v) is 17.4. The zero-order valence-electron chi connectivity index (χ0n) is 15.7. The molecular formula is C20H19N5O2S2. The average molecular weight is 426 g/mol. The van der Waals surface area contributed by atoms with Crippen LogP contribution in [0.4, 0.5) is 5.69 Å². The first-order chi connectivity index (χ1) is 14.1. The second kappa shape index (κ2) is 8.62. The highest BCUT2D eigenvalue weighted by molar-refractivity contribution is 7.99. The van der Waals surface area contributed by atoms with E-state index in [0.29, 0.717) is 22.2 Å². The molecular weight excluding hydrogens is 406 g/mol. The van der Waals surface area contributed by atoms with Crippen LogP contribution in [0.1, 0.15) is 17.1 Å². The molecule has 0 saturated carbocycles. The largest absolute Gasteiger partial charge is 0.331 e. The third kappa shape index (κ3) is 4.75. The number of aromatic nitrogens is 4. The molecule has 148 valence electrons. The highest BCUT2D eigenvalue weighted by Gasteiger charge is 2.07. The van der Waals surface area contributed by atoms with Gasteiger partial charge in [-0.2, -0.15) is 0 Å². The van der Waals surface area contributed by atoms with Crippen LogP contribution < -0.4 is 10.9 Å². The number of imidazole rings is 1. The smallest absolute Gasteiger partial charge is 0.258 e. The summed E-state index contributed by atoms with van der Waals surface area (Å²) in [5.41, 5.74) is 2.49. The quantitative estimate of drug-likeness (QED) is 0.492. The van der Waals surface area contributed by atoms with Crippen LogP contribution in [0.5, 0.6) is 0 Å². The molecule has 0 unspecified atom stereocenters. The van der Waals surface area contributed by atoms with Crippen molar-refractivity contribution in [3.63, 3.8) is 0 Å². The molecule has 0 spiro atoms. The Kier molecular flexibility index (Phi) is 5.77. The van der Waals surface area contributed by atoms with Gasteiger partial charge in [0.15, 0.2) is 4.96 Å². The summed E-state index contributed by atoms with van der Waals surface area (Å²) in [4.78, 5) is 33.5. The van der Waals surface area contributed by atoms with Crippen molar-refractivity contribution in [1.29, 1.82) is 0 Å². The van der Waals surface area contributed by atoms with Gasteiger partial charge in [0.2, 0.25) is 5.91 Å². The van der Waals surface area contributed by atoms with E-state index in [1.165, 1.54) is 33.6 Å². The van der Waals surface area contributed by atoms with Crippen LogP contribution in [0.25, 0.3) is 4.96 Å². The van der Waals surface area contributed by atoms with Gasteiger partial charge in [-0.1, -0.05) is 12.1 Å². The van der Waals surface area contributed by atoms with Crippen LogP contribution in [0.15, 0.2) is 59.1 Å². The monoisotopic (exact) mass is 425 g/mol. The molecule has 4 rings (SSSR count).